The van der Waals surface area contributed by atoms with Gasteiger partial charge in [0, 0.05) is 42.0 Å². The Morgan fingerprint density at radius 3 is 3.00 bits per heavy atom. The van der Waals surface area contributed by atoms with E-state index in [0.29, 0.717) is 6.04 Å². The van der Waals surface area contributed by atoms with Crippen molar-refractivity contribution < 1.29 is 4.79 Å². The Hall–Kier alpha value is -1.07. The predicted octanol–water partition coefficient (Wildman–Crippen LogP) is 1.60. The van der Waals surface area contributed by atoms with Gasteiger partial charge in [-0.15, -0.1) is 11.3 Å². The van der Waals surface area contributed by atoms with Crippen LogP contribution in [0.1, 0.15) is 16.7 Å². The van der Waals surface area contributed by atoms with Crippen LogP contribution in [-0.2, 0) is 6.42 Å². The highest BCUT2D eigenvalue weighted by Crippen LogP contribution is 2.16. The maximum absolute atomic E-state index is 11.3. The van der Waals surface area contributed by atoms with E-state index in [1.807, 2.05) is 16.2 Å². The van der Waals surface area contributed by atoms with Gasteiger partial charge >= 0.3 is 6.03 Å². The van der Waals surface area contributed by atoms with Crippen molar-refractivity contribution in [1.29, 1.82) is 0 Å². The standard InChI is InChI=1S/C13H21N3OS/c1-10(9-12-4-3-11(2)18-12)14-5-7-16-8-6-15-13(16)17/h3-4,10,14H,5-9H2,1-2H3,(H,15,17). The molecule has 2 heterocycles. The van der Waals surface area contributed by atoms with Gasteiger partial charge in [0.25, 0.3) is 0 Å². The van der Waals surface area contributed by atoms with Gasteiger partial charge < -0.3 is 15.5 Å². The molecule has 1 saturated heterocycles. The SMILES string of the molecule is Cc1ccc(CC(C)NCCN2CCNC2=O)s1. The van der Waals surface area contributed by atoms with Crippen molar-refractivity contribution in [2.75, 3.05) is 26.2 Å². The Morgan fingerprint density at radius 2 is 2.39 bits per heavy atom. The largest absolute Gasteiger partial charge is 0.336 e. The molecular formula is C13H21N3OS. The van der Waals surface area contributed by atoms with Gasteiger partial charge in [-0.1, -0.05) is 0 Å². The van der Waals surface area contributed by atoms with Crippen LogP contribution in [0.25, 0.3) is 0 Å². The van der Waals surface area contributed by atoms with Gasteiger partial charge in [0.15, 0.2) is 0 Å². The summed E-state index contributed by atoms with van der Waals surface area (Å²) in [5.41, 5.74) is 0. The van der Waals surface area contributed by atoms with Crippen molar-refractivity contribution in [2.24, 2.45) is 0 Å². The number of rotatable bonds is 6. The van der Waals surface area contributed by atoms with Crippen LogP contribution in [0.15, 0.2) is 12.1 Å². The second-order valence-electron chi connectivity index (χ2n) is 4.79. The van der Waals surface area contributed by atoms with E-state index in [2.05, 4.69) is 36.6 Å². The van der Waals surface area contributed by atoms with Gasteiger partial charge in [-0.2, -0.15) is 0 Å². The molecule has 0 radical (unpaired) electrons. The van der Waals surface area contributed by atoms with Crippen LogP contribution in [0.5, 0.6) is 0 Å². The smallest absolute Gasteiger partial charge is 0.317 e. The summed E-state index contributed by atoms with van der Waals surface area (Å²) in [6.45, 7) is 7.60. The molecule has 1 aliphatic heterocycles. The number of aryl methyl sites for hydroxylation is 1. The molecule has 100 valence electrons. The third kappa shape index (κ3) is 3.71. The molecule has 2 rings (SSSR count). The van der Waals surface area contributed by atoms with Crippen LogP contribution < -0.4 is 10.6 Å². The van der Waals surface area contributed by atoms with E-state index in [1.165, 1.54) is 9.75 Å². The van der Waals surface area contributed by atoms with E-state index >= 15 is 0 Å². The zero-order chi connectivity index (χ0) is 13.0. The van der Waals surface area contributed by atoms with Gasteiger partial charge in [-0.25, -0.2) is 4.79 Å². The molecule has 4 nitrogen and oxygen atoms in total. The summed E-state index contributed by atoms with van der Waals surface area (Å²) in [5, 5.41) is 6.28. The van der Waals surface area contributed by atoms with Crippen molar-refractivity contribution in [3.63, 3.8) is 0 Å². The summed E-state index contributed by atoms with van der Waals surface area (Å²) in [4.78, 5) is 16.0. The lowest BCUT2D eigenvalue weighted by molar-refractivity contribution is 0.217. The first-order valence-electron chi connectivity index (χ1n) is 6.46. The first kappa shape index (κ1) is 13.4. The lowest BCUT2D eigenvalue weighted by Crippen LogP contribution is -2.38. The van der Waals surface area contributed by atoms with Crippen LogP contribution >= 0.6 is 11.3 Å². The number of thiophene rings is 1. The number of carbonyl (C=O) groups is 1. The summed E-state index contributed by atoms with van der Waals surface area (Å²) in [5.74, 6) is 0. The van der Waals surface area contributed by atoms with Crippen molar-refractivity contribution >= 4 is 17.4 Å². The number of urea groups is 1. The number of carbonyl (C=O) groups excluding carboxylic acids is 1. The molecule has 1 aromatic rings. The van der Waals surface area contributed by atoms with E-state index in [0.717, 1.165) is 32.6 Å². The summed E-state index contributed by atoms with van der Waals surface area (Å²) >= 11 is 1.86. The van der Waals surface area contributed by atoms with Gasteiger partial charge in [-0.05, 0) is 32.4 Å². The Bertz CT molecular complexity index is 405. The fourth-order valence-electron chi connectivity index (χ4n) is 2.14. The summed E-state index contributed by atoms with van der Waals surface area (Å²) in [6.07, 6.45) is 1.06. The van der Waals surface area contributed by atoms with E-state index in [4.69, 9.17) is 0 Å². The molecule has 2 N–H and O–H groups in total. The highest BCUT2D eigenvalue weighted by molar-refractivity contribution is 7.11. The third-order valence-electron chi connectivity index (χ3n) is 3.12. The Balaban J connectivity index is 1.65. The average molecular weight is 267 g/mol. The van der Waals surface area contributed by atoms with Gasteiger partial charge in [0.2, 0.25) is 0 Å². The second-order valence-corrected chi connectivity index (χ2v) is 6.16. The minimum Gasteiger partial charge on any atom is -0.336 e. The van der Waals surface area contributed by atoms with Crippen molar-refractivity contribution in [1.82, 2.24) is 15.5 Å². The van der Waals surface area contributed by atoms with Crippen LogP contribution in [-0.4, -0.2) is 43.2 Å². The Morgan fingerprint density at radius 1 is 1.56 bits per heavy atom. The molecule has 0 saturated carbocycles. The van der Waals surface area contributed by atoms with Crippen LogP contribution in [0.4, 0.5) is 4.79 Å². The minimum absolute atomic E-state index is 0.0679. The predicted molar refractivity (Wildman–Crippen MR) is 75.2 cm³/mol. The quantitative estimate of drug-likeness (QED) is 0.822. The second kappa shape index (κ2) is 6.20. The molecule has 2 amide bonds. The molecular weight excluding hydrogens is 246 g/mol. The summed E-state index contributed by atoms with van der Waals surface area (Å²) in [7, 11) is 0. The first-order chi connectivity index (χ1) is 8.65. The number of nitrogens with zero attached hydrogens (tertiary/aromatic N) is 1. The van der Waals surface area contributed by atoms with Crippen LogP contribution in [0.3, 0.4) is 0 Å². The first-order valence-corrected chi connectivity index (χ1v) is 7.28. The molecule has 1 atom stereocenters. The maximum atomic E-state index is 11.3. The summed E-state index contributed by atoms with van der Waals surface area (Å²) in [6, 6.07) is 4.89. The number of amides is 2. The molecule has 1 aliphatic rings. The highest BCUT2D eigenvalue weighted by Gasteiger charge is 2.18. The Labute approximate surface area is 112 Å². The molecule has 1 unspecified atom stereocenters. The molecule has 5 heteroatoms. The monoisotopic (exact) mass is 267 g/mol. The van der Waals surface area contributed by atoms with Gasteiger partial charge in [0.1, 0.15) is 0 Å². The Kier molecular flexibility index (Phi) is 4.60. The normalized spacial score (nSPS) is 17.0. The van der Waals surface area contributed by atoms with E-state index in [-0.39, 0.29) is 6.03 Å². The number of hydrogen-bond acceptors (Lipinski definition) is 3. The lowest BCUT2D eigenvalue weighted by Gasteiger charge is -2.17. The topological polar surface area (TPSA) is 44.4 Å². The third-order valence-corrected chi connectivity index (χ3v) is 4.15. The lowest BCUT2D eigenvalue weighted by atomic mass is 10.2. The fourth-order valence-corrected chi connectivity index (χ4v) is 3.16. The zero-order valence-electron chi connectivity index (χ0n) is 11.0. The van der Waals surface area contributed by atoms with Gasteiger partial charge in [-0.3, -0.25) is 0 Å². The van der Waals surface area contributed by atoms with Crippen LogP contribution in [0.2, 0.25) is 0 Å². The van der Waals surface area contributed by atoms with Gasteiger partial charge in [0.05, 0.1) is 0 Å². The van der Waals surface area contributed by atoms with E-state index in [1.54, 1.807) is 0 Å². The molecule has 1 aromatic heterocycles. The fraction of sp³-hybridized carbons (Fsp3) is 0.615. The number of nitrogens with one attached hydrogen (secondary N) is 2. The molecule has 0 aliphatic carbocycles. The van der Waals surface area contributed by atoms with Crippen molar-refractivity contribution in [2.45, 2.75) is 26.3 Å². The highest BCUT2D eigenvalue weighted by atomic mass is 32.1. The van der Waals surface area contributed by atoms with E-state index in [9.17, 15) is 4.79 Å². The van der Waals surface area contributed by atoms with E-state index < -0.39 is 0 Å². The summed E-state index contributed by atoms with van der Waals surface area (Å²) < 4.78 is 0. The number of hydrogen-bond donors (Lipinski definition) is 2. The molecule has 1 fully saturated rings. The molecule has 0 aromatic carbocycles. The average Bonchev–Trinajstić information content (AvgIpc) is 2.89. The van der Waals surface area contributed by atoms with Crippen molar-refractivity contribution in [3.8, 4) is 0 Å². The minimum atomic E-state index is 0.0679. The molecule has 18 heavy (non-hydrogen) atoms. The van der Waals surface area contributed by atoms with Crippen LogP contribution in [0, 0.1) is 6.92 Å². The zero-order valence-corrected chi connectivity index (χ0v) is 11.8. The molecule has 0 bridgehead atoms. The molecule has 0 spiro atoms. The maximum Gasteiger partial charge on any atom is 0.317 e. The van der Waals surface area contributed by atoms with Crippen molar-refractivity contribution in [3.05, 3.63) is 21.9 Å².